The number of anilines is 1. The lowest BCUT2D eigenvalue weighted by Gasteiger charge is -2.26. The summed E-state index contributed by atoms with van der Waals surface area (Å²) in [7, 11) is -6.42. The summed E-state index contributed by atoms with van der Waals surface area (Å²) >= 11 is 0. The first-order valence-electron chi connectivity index (χ1n) is 9.73. The molecule has 0 saturated carbocycles. The third kappa shape index (κ3) is 5.48. The molecule has 8 nitrogen and oxygen atoms in total. The van der Waals surface area contributed by atoms with Gasteiger partial charge in [-0.2, -0.15) is 8.61 Å². The Bertz CT molecular complexity index is 1150. The third-order valence-electron chi connectivity index (χ3n) is 4.96. The van der Waals surface area contributed by atoms with Gasteiger partial charge < -0.3 is 5.32 Å². The molecule has 3 rings (SSSR count). The fourth-order valence-corrected chi connectivity index (χ4v) is 5.95. The van der Waals surface area contributed by atoms with Crippen molar-refractivity contribution >= 4 is 31.6 Å². The van der Waals surface area contributed by atoms with Crippen molar-refractivity contribution in [2.24, 2.45) is 0 Å². The molecular formula is C20H24FN3O5S2. The zero-order chi connectivity index (χ0) is 22.6. The maximum Gasteiger partial charge on any atom is 0.243 e. The Morgan fingerprint density at radius 1 is 1.00 bits per heavy atom. The Balaban J connectivity index is 1.69. The van der Waals surface area contributed by atoms with Gasteiger partial charge >= 0.3 is 0 Å². The van der Waals surface area contributed by atoms with Crippen molar-refractivity contribution in [3.05, 3.63) is 54.3 Å². The number of nitrogens with zero attached hydrogens (tertiary/aromatic N) is 2. The number of sulfonamides is 2. The van der Waals surface area contributed by atoms with Crippen LogP contribution in [-0.2, 0) is 24.8 Å². The van der Waals surface area contributed by atoms with Gasteiger partial charge in [0.25, 0.3) is 0 Å². The van der Waals surface area contributed by atoms with Crippen molar-refractivity contribution in [2.45, 2.75) is 29.1 Å². The van der Waals surface area contributed by atoms with Crippen molar-refractivity contribution in [2.75, 3.05) is 32.0 Å². The van der Waals surface area contributed by atoms with Crippen molar-refractivity contribution in [1.82, 2.24) is 8.61 Å². The molecule has 0 unspecified atom stereocenters. The summed E-state index contributed by atoms with van der Waals surface area (Å²) in [5.41, 5.74) is 0.246. The van der Waals surface area contributed by atoms with Crippen LogP contribution < -0.4 is 5.32 Å². The van der Waals surface area contributed by atoms with Gasteiger partial charge in [-0.05, 0) is 55.3 Å². The van der Waals surface area contributed by atoms with Gasteiger partial charge in [-0.15, -0.1) is 0 Å². The van der Waals surface area contributed by atoms with E-state index in [1.165, 1.54) is 35.6 Å². The van der Waals surface area contributed by atoms with E-state index >= 15 is 0 Å². The third-order valence-corrected chi connectivity index (χ3v) is 8.67. The second-order valence-corrected chi connectivity index (χ2v) is 11.2. The number of hydrogen-bond donors (Lipinski definition) is 1. The van der Waals surface area contributed by atoms with E-state index in [4.69, 9.17) is 0 Å². The summed E-state index contributed by atoms with van der Waals surface area (Å²) in [6.45, 7) is 0.429. The molecule has 2 aromatic rings. The van der Waals surface area contributed by atoms with E-state index in [1.807, 2.05) is 0 Å². The second-order valence-electron chi connectivity index (χ2n) is 7.26. The van der Waals surface area contributed by atoms with E-state index in [1.54, 1.807) is 0 Å². The number of nitrogens with one attached hydrogen (secondary N) is 1. The van der Waals surface area contributed by atoms with E-state index in [0.717, 1.165) is 47.8 Å². The summed E-state index contributed by atoms with van der Waals surface area (Å²) in [5.74, 6) is -1.21. The summed E-state index contributed by atoms with van der Waals surface area (Å²) < 4.78 is 66.0. The summed E-state index contributed by atoms with van der Waals surface area (Å²) in [4.78, 5) is 12.3. The number of likely N-dealkylation sites (N-methyl/N-ethyl adjacent to an activating group) is 1. The van der Waals surface area contributed by atoms with Crippen LogP contribution >= 0.6 is 0 Å². The van der Waals surface area contributed by atoms with Gasteiger partial charge in [-0.1, -0.05) is 12.5 Å². The lowest BCUT2D eigenvalue weighted by atomic mass is 10.2. The van der Waals surface area contributed by atoms with Crippen molar-refractivity contribution in [3.63, 3.8) is 0 Å². The van der Waals surface area contributed by atoms with E-state index in [2.05, 4.69) is 5.32 Å². The molecule has 0 atom stereocenters. The highest BCUT2D eigenvalue weighted by Crippen LogP contribution is 2.23. The Morgan fingerprint density at radius 2 is 1.65 bits per heavy atom. The highest BCUT2D eigenvalue weighted by molar-refractivity contribution is 7.89. The van der Waals surface area contributed by atoms with Crippen LogP contribution in [0.2, 0.25) is 0 Å². The number of rotatable bonds is 7. The Labute approximate surface area is 181 Å². The number of halogens is 1. The fourth-order valence-electron chi connectivity index (χ4n) is 3.26. The first-order valence-corrected chi connectivity index (χ1v) is 12.6. The number of hydrogen-bond acceptors (Lipinski definition) is 5. The first kappa shape index (κ1) is 23.3. The molecule has 1 fully saturated rings. The number of piperidine rings is 1. The molecule has 1 saturated heterocycles. The van der Waals surface area contributed by atoms with Crippen LogP contribution in [0, 0.1) is 5.82 Å². The SMILES string of the molecule is CN(CC(=O)Nc1cccc(S(=O)(=O)N2CCCCC2)c1)S(=O)(=O)c1ccc(F)cc1. The quantitative estimate of drug-likeness (QED) is 0.670. The van der Waals surface area contributed by atoms with Gasteiger partial charge in [0.1, 0.15) is 5.82 Å². The number of amides is 1. The van der Waals surface area contributed by atoms with Crippen LogP contribution in [-0.4, -0.2) is 58.0 Å². The molecule has 168 valence electrons. The zero-order valence-corrected chi connectivity index (χ0v) is 18.6. The van der Waals surface area contributed by atoms with E-state index in [-0.39, 0.29) is 15.5 Å². The van der Waals surface area contributed by atoms with Crippen LogP contribution in [0.1, 0.15) is 19.3 Å². The van der Waals surface area contributed by atoms with Gasteiger partial charge in [0, 0.05) is 25.8 Å². The zero-order valence-electron chi connectivity index (χ0n) is 17.0. The number of benzene rings is 2. The van der Waals surface area contributed by atoms with E-state index < -0.39 is 38.3 Å². The average molecular weight is 470 g/mol. The predicted octanol–water partition coefficient (Wildman–Crippen LogP) is 2.26. The molecule has 1 aliphatic heterocycles. The van der Waals surface area contributed by atoms with Crippen molar-refractivity contribution in [1.29, 1.82) is 0 Å². The maximum atomic E-state index is 13.0. The highest BCUT2D eigenvalue weighted by atomic mass is 32.2. The molecule has 0 bridgehead atoms. The van der Waals surface area contributed by atoms with E-state index in [0.29, 0.717) is 13.1 Å². The Hall–Kier alpha value is -2.34. The minimum absolute atomic E-state index is 0.0690. The normalized spacial score (nSPS) is 15.7. The lowest BCUT2D eigenvalue weighted by molar-refractivity contribution is -0.116. The standard InChI is InChI=1S/C20H24FN3O5S2/c1-23(30(26,27)18-10-8-16(21)9-11-18)15-20(25)22-17-6-5-7-19(14-17)31(28,29)24-12-3-2-4-13-24/h5-11,14H,2-4,12-13,15H2,1H3,(H,22,25). The first-order chi connectivity index (χ1) is 14.6. The van der Waals surface area contributed by atoms with Crippen LogP contribution in [0.5, 0.6) is 0 Å². The van der Waals surface area contributed by atoms with Crippen LogP contribution in [0.4, 0.5) is 10.1 Å². The number of carbonyl (C=O) groups excluding carboxylic acids is 1. The predicted molar refractivity (Wildman–Crippen MR) is 114 cm³/mol. The summed E-state index contributed by atoms with van der Waals surface area (Å²) in [5, 5.41) is 2.53. The summed E-state index contributed by atoms with van der Waals surface area (Å²) in [6, 6.07) is 10.2. The molecule has 31 heavy (non-hydrogen) atoms. The Kier molecular flexibility index (Phi) is 7.10. The van der Waals surface area contributed by atoms with Gasteiger partial charge in [0.05, 0.1) is 16.3 Å². The fraction of sp³-hybridized carbons (Fsp3) is 0.350. The van der Waals surface area contributed by atoms with Crippen LogP contribution in [0.15, 0.2) is 58.3 Å². The van der Waals surface area contributed by atoms with Crippen molar-refractivity contribution in [3.8, 4) is 0 Å². The smallest absolute Gasteiger partial charge is 0.243 e. The van der Waals surface area contributed by atoms with Crippen molar-refractivity contribution < 1.29 is 26.0 Å². The largest absolute Gasteiger partial charge is 0.325 e. The number of carbonyl (C=O) groups is 1. The maximum absolute atomic E-state index is 13.0. The monoisotopic (exact) mass is 469 g/mol. The molecule has 0 spiro atoms. The van der Waals surface area contributed by atoms with Gasteiger partial charge in [0.15, 0.2) is 0 Å². The molecule has 0 aliphatic carbocycles. The Morgan fingerprint density at radius 3 is 2.29 bits per heavy atom. The molecule has 1 aliphatic rings. The van der Waals surface area contributed by atoms with Gasteiger partial charge in [0.2, 0.25) is 26.0 Å². The molecule has 11 heteroatoms. The van der Waals surface area contributed by atoms with Crippen LogP contribution in [0.25, 0.3) is 0 Å². The average Bonchev–Trinajstić information content (AvgIpc) is 2.74. The lowest BCUT2D eigenvalue weighted by Crippen LogP contribution is -2.36. The van der Waals surface area contributed by atoms with Gasteiger partial charge in [-0.25, -0.2) is 21.2 Å². The topological polar surface area (TPSA) is 104 Å². The minimum Gasteiger partial charge on any atom is -0.325 e. The molecule has 0 radical (unpaired) electrons. The molecule has 2 aromatic carbocycles. The van der Waals surface area contributed by atoms with Gasteiger partial charge in [-0.3, -0.25) is 4.79 Å². The molecule has 1 amide bonds. The molecule has 1 heterocycles. The molecular weight excluding hydrogens is 445 g/mol. The minimum atomic E-state index is -3.99. The highest BCUT2D eigenvalue weighted by Gasteiger charge is 2.27. The summed E-state index contributed by atoms with van der Waals surface area (Å²) in [6.07, 6.45) is 2.62. The molecule has 0 aromatic heterocycles. The molecule has 1 N–H and O–H groups in total. The van der Waals surface area contributed by atoms with E-state index in [9.17, 15) is 26.0 Å². The second kappa shape index (κ2) is 9.43. The van der Waals surface area contributed by atoms with Crippen LogP contribution in [0.3, 0.4) is 0 Å².